The first-order chi connectivity index (χ1) is 18.9. The Labute approximate surface area is 226 Å². The number of hydrogen-bond acceptors (Lipinski definition) is 12. The summed E-state index contributed by atoms with van der Waals surface area (Å²) in [6, 6.07) is 0.100. The Morgan fingerprint density at radius 1 is 0.974 bits per heavy atom. The van der Waals surface area contributed by atoms with E-state index in [1.807, 2.05) is 20.8 Å². The van der Waals surface area contributed by atoms with Crippen LogP contribution in [0, 0.1) is 0 Å². The normalized spacial score (nSPS) is 24.5. The van der Waals surface area contributed by atoms with E-state index in [-0.39, 0.29) is 31.9 Å². The van der Waals surface area contributed by atoms with Gasteiger partial charge < -0.3 is 29.0 Å². The van der Waals surface area contributed by atoms with E-state index in [2.05, 4.69) is 20.3 Å². The minimum absolute atomic E-state index is 0.100. The van der Waals surface area contributed by atoms with E-state index in [9.17, 15) is 14.4 Å². The summed E-state index contributed by atoms with van der Waals surface area (Å²) in [6.07, 6.45) is 2.34. The molecule has 1 N–H and O–H groups in total. The van der Waals surface area contributed by atoms with Crippen LogP contribution in [0.2, 0.25) is 0 Å². The van der Waals surface area contributed by atoms with E-state index in [1.165, 1.54) is 12.7 Å². The van der Waals surface area contributed by atoms with Crippen LogP contribution in [-0.2, 0) is 38.1 Å². The van der Waals surface area contributed by atoms with Crippen molar-refractivity contribution in [2.24, 2.45) is 0 Å². The van der Waals surface area contributed by atoms with E-state index in [0.29, 0.717) is 49.5 Å². The number of carbonyl (C=O) groups excluding carboxylic acids is 3. The molecule has 0 spiro atoms. The van der Waals surface area contributed by atoms with Crippen LogP contribution in [0.15, 0.2) is 12.7 Å². The zero-order valence-corrected chi connectivity index (χ0v) is 22.7. The van der Waals surface area contributed by atoms with Crippen molar-refractivity contribution in [1.29, 1.82) is 0 Å². The summed E-state index contributed by atoms with van der Waals surface area (Å²) in [5, 5.41) is 3.35. The van der Waals surface area contributed by atoms with Gasteiger partial charge >= 0.3 is 17.9 Å². The van der Waals surface area contributed by atoms with Crippen LogP contribution < -0.4 is 5.32 Å². The van der Waals surface area contributed by atoms with Crippen LogP contribution in [0.3, 0.4) is 0 Å². The molecule has 2 saturated heterocycles. The number of hydrogen-bond donors (Lipinski definition) is 1. The van der Waals surface area contributed by atoms with Gasteiger partial charge in [-0.15, -0.1) is 0 Å². The first-order valence-electron chi connectivity index (χ1n) is 13.7. The second-order valence-corrected chi connectivity index (χ2v) is 9.66. The number of nitrogens with one attached hydrogen (secondary N) is 1. The van der Waals surface area contributed by atoms with Crippen molar-refractivity contribution in [1.82, 2.24) is 19.5 Å². The molecule has 1 unspecified atom stereocenters. The van der Waals surface area contributed by atoms with Gasteiger partial charge in [0.15, 0.2) is 35.4 Å². The number of nitrogens with zero attached hydrogens (tertiary/aromatic N) is 4. The zero-order valence-electron chi connectivity index (χ0n) is 22.7. The minimum atomic E-state index is -1.02. The van der Waals surface area contributed by atoms with Crippen LogP contribution in [0.1, 0.15) is 71.9 Å². The summed E-state index contributed by atoms with van der Waals surface area (Å²) in [5.74, 6) is -0.770. The number of aromatic nitrogens is 4. The second kappa shape index (κ2) is 13.7. The van der Waals surface area contributed by atoms with Gasteiger partial charge in [-0.2, -0.15) is 0 Å². The van der Waals surface area contributed by atoms with Crippen molar-refractivity contribution >= 4 is 34.9 Å². The van der Waals surface area contributed by atoms with Gasteiger partial charge in [-0.25, -0.2) is 15.0 Å². The molecule has 5 atom stereocenters. The van der Waals surface area contributed by atoms with Crippen molar-refractivity contribution in [3.05, 3.63) is 12.7 Å². The lowest BCUT2D eigenvalue weighted by atomic mass is 10.1. The molecular formula is C26H37N5O8. The topological polar surface area (TPSA) is 153 Å². The summed E-state index contributed by atoms with van der Waals surface area (Å²) in [6.45, 7) is 6.66. The quantitative estimate of drug-likeness (QED) is 0.290. The highest BCUT2D eigenvalue weighted by Gasteiger charge is 2.51. The third-order valence-electron chi connectivity index (χ3n) is 6.49. The summed E-state index contributed by atoms with van der Waals surface area (Å²) >= 11 is 0. The molecule has 214 valence electrons. The third kappa shape index (κ3) is 7.01. The van der Waals surface area contributed by atoms with Crippen LogP contribution in [0.4, 0.5) is 5.82 Å². The van der Waals surface area contributed by atoms with Gasteiger partial charge in [-0.1, -0.05) is 20.8 Å². The molecule has 0 bridgehead atoms. The molecule has 13 heteroatoms. The monoisotopic (exact) mass is 547 g/mol. The fourth-order valence-electron chi connectivity index (χ4n) is 4.60. The van der Waals surface area contributed by atoms with E-state index < -0.39 is 42.4 Å². The molecule has 2 aromatic heterocycles. The average Bonchev–Trinajstić information content (AvgIpc) is 3.64. The predicted octanol–water partition coefficient (Wildman–Crippen LogP) is 2.69. The lowest BCUT2D eigenvalue weighted by molar-refractivity contribution is -0.169. The Kier molecular flexibility index (Phi) is 10.0. The van der Waals surface area contributed by atoms with Crippen molar-refractivity contribution in [3.63, 3.8) is 0 Å². The molecule has 0 saturated carbocycles. The molecule has 2 aliphatic heterocycles. The van der Waals surface area contributed by atoms with E-state index >= 15 is 0 Å². The van der Waals surface area contributed by atoms with Gasteiger partial charge in [0, 0.05) is 25.9 Å². The second-order valence-electron chi connectivity index (χ2n) is 9.66. The Morgan fingerprint density at radius 3 is 2.33 bits per heavy atom. The molecule has 0 radical (unpaired) electrons. The van der Waals surface area contributed by atoms with Crippen molar-refractivity contribution < 1.29 is 38.1 Å². The maximum atomic E-state index is 12.7. The number of esters is 3. The van der Waals surface area contributed by atoms with Crippen LogP contribution in [0.25, 0.3) is 11.2 Å². The van der Waals surface area contributed by atoms with E-state index in [0.717, 1.165) is 6.42 Å². The zero-order chi connectivity index (χ0) is 27.8. The highest BCUT2D eigenvalue weighted by Crippen LogP contribution is 2.37. The molecule has 2 aliphatic rings. The summed E-state index contributed by atoms with van der Waals surface area (Å²) in [7, 11) is 0. The molecule has 13 nitrogen and oxygen atoms in total. The molecule has 4 heterocycles. The predicted molar refractivity (Wildman–Crippen MR) is 138 cm³/mol. The Bertz CT molecular complexity index is 1130. The molecule has 2 aromatic rings. The summed E-state index contributed by atoms with van der Waals surface area (Å²) in [5.41, 5.74) is 0.944. The molecular weight excluding hydrogens is 510 g/mol. The summed E-state index contributed by atoms with van der Waals surface area (Å²) < 4.78 is 30.4. The third-order valence-corrected chi connectivity index (χ3v) is 6.49. The number of rotatable bonds is 13. The Hall–Kier alpha value is -3.32. The first-order valence-corrected chi connectivity index (χ1v) is 13.7. The van der Waals surface area contributed by atoms with Crippen LogP contribution in [-0.4, -0.2) is 81.6 Å². The van der Waals surface area contributed by atoms with Gasteiger partial charge in [0.1, 0.15) is 19.0 Å². The fourth-order valence-corrected chi connectivity index (χ4v) is 4.60. The van der Waals surface area contributed by atoms with Gasteiger partial charge in [0.05, 0.1) is 19.0 Å². The fraction of sp³-hybridized carbons (Fsp3) is 0.692. The average molecular weight is 548 g/mol. The van der Waals surface area contributed by atoms with Crippen molar-refractivity contribution in [3.8, 4) is 0 Å². The van der Waals surface area contributed by atoms with Gasteiger partial charge in [-0.3, -0.25) is 19.0 Å². The summed E-state index contributed by atoms with van der Waals surface area (Å²) in [4.78, 5) is 50.6. The number of carbonyl (C=O) groups is 3. The standard InChI is InChI=1S/C26H37N5O8/c1-4-7-18(32)36-13-17-22(38-19(33)8-5-2)23(39-20(34)9-6-3)26(37-17)31-15-29-21-24(27-14-28-25(21)31)30-16-10-11-35-12-16/h14-17,22-23,26H,4-13H2,1-3H3,(H,27,28,30)/t16-,17-,22-,23-,26?/m1/s1. The van der Waals surface area contributed by atoms with Gasteiger partial charge in [0.25, 0.3) is 0 Å². The molecule has 0 amide bonds. The molecule has 0 aliphatic carbocycles. The number of ether oxygens (including phenoxy) is 5. The highest BCUT2D eigenvalue weighted by molar-refractivity contribution is 5.83. The first kappa shape index (κ1) is 28.7. The van der Waals surface area contributed by atoms with E-state index in [4.69, 9.17) is 23.7 Å². The lowest BCUT2D eigenvalue weighted by Crippen LogP contribution is -2.41. The Balaban J connectivity index is 1.66. The van der Waals surface area contributed by atoms with Crippen molar-refractivity contribution in [2.45, 2.75) is 96.3 Å². The number of fused-ring (bicyclic) bond motifs is 1. The van der Waals surface area contributed by atoms with Gasteiger partial charge in [-0.05, 0) is 25.7 Å². The van der Waals surface area contributed by atoms with Crippen LogP contribution >= 0.6 is 0 Å². The van der Waals surface area contributed by atoms with Gasteiger partial charge in [0.2, 0.25) is 0 Å². The smallest absolute Gasteiger partial charge is 0.306 e. The van der Waals surface area contributed by atoms with Crippen molar-refractivity contribution in [2.75, 3.05) is 25.1 Å². The Morgan fingerprint density at radius 2 is 1.67 bits per heavy atom. The lowest BCUT2D eigenvalue weighted by Gasteiger charge is -2.24. The molecule has 4 rings (SSSR count). The minimum Gasteiger partial charge on any atom is -0.463 e. The molecule has 2 fully saturated rings. The SMILES string of the molecule is CCCC(=O)OC[C@H]1OC(n2cnc3c(N[C@@H]4CCOC4)ncnc32)[C@H](OC(=O)CCC)[C@@H]1OC(=O)CCC. The molecule has 0 aromatic carbocycles. The number of anilines is 1. The largest absolute Gasteiger partial charge is 0.463 e. The maximum Gasteiger partial charge on any atom is 0.306 e. The van der Waals surface area contributed by atoms with E-state index in [1.54, 1.807) is 4.57 Å². The van der Waals surface area contributed by atoms with Crippen LogP contribution in [0.5, 0.6) is 0 Å². The maximum absolute atomic E-state index is 12.7. The molecule has 39 heavy (non-hydrogen) atoms. The highest BCUT2D eigenvalue weighted by atomic mass is 16.7. The number of imidazole rings is 1.